The molecule has 1 aromatic carbocycles. The number of hydrogen-bond donors (Lipinski definition) is 0. The van der Waals surface area contributed by atoms with Gasteiger partial charge in [-0.25, -0.2) is 9.78 Å². The predicted octanol–water partition coefficient (Wildman–Crippen LogP) is 4.20. The molecule has 0 spiro atoms. The van der Waals surface area contributed by atoms with E-state index in [2.05, 4.69) is 9.88 Å². The summed E-state index contributed by atoms with van der Waals surface area (Å²) in [6.07, 6.45) is -0.0633. The number of benzene rings is 1. The minimum absolute atomic E-state index is 0.0633. The zero-order valence-corrected chi connectivity index (χ0v) is 16.0. The second-order valence-electron chi connectivity index (χ2n) is 5.63. The number of aromatic nitrogens is 1. The summed E-state index contributed by atoms with van der Waals surface area (Å²) in [5.41, 5.74) is 1.87. The number of nitrogens with zero attached hydrogens (tertiary/aromatic N) is 2. The standard InChI is InChI=1S/C17H18Cl2N2O3S/c1-2-23-17(22)16-20-12(10-25-16)8-21-5-6-24-15(9-21)11-3-4-13(18)14(19)7-11/h3-4,7,10,15H,2,5-6,8-9H2,1H3. The highest BCUT2D eigenvalue weighted by atomic mass is 35.5. The predicted molar refractivity (Wildman–Crippen MR) is 98.5 cm³/mol. The molecular formula is C17H18Cl2N2O3S. The van der Waals surface area contributed by atoms with Crippen molar-refractivity contribution in [3.63, 3.8) is 0 Å². The van der Waals surface area contributed by atoms with Gasteiger partial charge in [0, 0.05) is 25.0 Å². The lowest BCUT2D eigenvalue weighted by atomic mass is 10.1. The summed E-state index contributed by atoms with van der Waals surface area (Å²) in [5, 5.41) is 3.35. The number of esters is 1. The highest BCUT2D eigenvalue weighted by molar-refractivity contribution is 7.11. The molecule has 2 aromatic rings. The number of rotatable bonds is 5. The summed E-state index contributed by atoms with van der Waals surface area (Å²) in [6.45, 7) is 4.96. The van der Waals surface area contributed by atoms with Crippen molar-refractivity contribution >= 4 is 40.5 Å². The molecule has 1 aliphatic heterocycles. The number of thiazole rings is 1. The Hall–Kier alpha value is -1.18. The van der Waals surface area contributed by atoms with Crippen molar-refractivity contribution in [1.29, 1.82) is 0 Å². The Bertz CT molecular complexity index is 753. The molecule has 0 amide bonds. The smallest absolute Gasteiger partial charge is 0.367 e. The first-order valence-corrected chi connectivity index (χ1v) is 9.60. The molecule has 2 heterocycles. The van der Waals surface area contributed by atoms with Gasteiger partial charge < -0.3 is 9.47 Å². The molecule has 1 aromatic heterocycles. The quantitative estimate of drug-likeness (QED) is 0.703. The fraction of sp³-hybridized carbons (Fsp3) is 0.412. The van der Waals surface area contributed by atoms with Gasteiger partial charge in [-0.05, 0) is 24.6 Å². The summed E-state index contributed by atoms with van der Waals surface area (Å²) in [4.78, 5) is 18.3. The maximum atomic E-state index is 11.7. The van der Waals surface area contributed by atoms with Gasteiger partial charge in [0.05, 0.1) is 35.1 Å². The van der Waals surface area contributed by atoms with E-state index < -0.39 is 0 Å². The van der Waals surface area contributed by atoms with Gasteiger partial charge in [-0.15, -0.1) is 11.3 Å². The lowest BCUT2D eigenvalue weighted by molar-refractivity contribution is -0.0332. The van der Waals surface area contributed by atoms with E-state index in [1.54, 1.807) is 13.0 Å². The van der Waals surface area contributed by atoms with Gasteiger partial charge in [-0.3, -0.25) is 4.90 Å². The number of hydrogen-bond acceptors (Lipinski definition) is 6. The molecule has 8 heteroatoms. The molecule has 5 nitrogen and oxygen atoms in total. The maximum absolute atomic E-state index is 11.7. The van der Waals surface area contributed by atoms with E-state index in [0.717, 1.165) is 24.3 Å². The minimum Gasteiger partial charge on any atom is -0.461 e. The lowest BCUT2D eigenvalue weighted by Crippen LogP contribution is -2.37. The fourth-order valence-electron chi connectivity index (χ4n) is 2.66. The topological polar surface area (TPSA) is 51.7 Å². The van der Waals surface area contributed by atoms with Crippen LogP contribution in [0.15, 0.2) is 23.6 Å². The average molecular weight is 401 g/mol. The van der Waals surface area contributed by atoms with Crippen LogP contribution in [-0.4, -0.2) is 42.2 Å². The Morgan fingerprint density at radius 2 is 2.28 bits per heavy atom. The van der Waals surface area contributed by atoms with Crippen LogP contribution in [0.1, 0.15) is 34.1 Å². The molecule has 134 valence electrons. The van der Waals surface area contributed by atoms with E-state index in [1.165, 1.54) is 11.3 Å². The molecule has 0 aliphatic carbocycles. The van der Waals surface area contributed by atoms with Crippen molar-refractivity contribution in [2.75, 3.05) is 26.3 Å². The van der Waals surface area contributed by atoms with E-state index >= 15 is 0 Å². The molecule has 1 fully saturated rings. The van der Waals surface area contributed by atoms with E-state index in [1.807, 2.05) is 17.5 Å². The van der Waals surface area contributed by atoms with Gasteiger partial charge in [0.15, 0.2) is 0 Å². The number of carbonyl (C=O) groups excluding carboxylic acids is 1. The Morgan fingerprint density at radius 3 is 3.04 bits per heavy atom. The summed E-state index contributed by atoms with van der Waals surface area (Å²) < 4.78 is 10.8. The third-order valence-electron chi connectivity index (χ3n) is 3.85. The second kappa shape index (κ2) is 8.47. The third kappa shape index (κ3) is 4.71. The van der Waals surface area contributed by atoms with Crippen LogP contribution in [0.3, 0.4) is 0 Å². The number of ether oxygens (including phenoxy) is 2. The van der Waals surface area contributed by atoms with Crippen molar-refractivity contribution in [3.8, 4) is 0 Å². The molecular weight excluding hydrogens is 383 g/mol. The highest BCUT2D eigenvalue weighted by Crippen LogP contribution is 2.29. The van der Waals surface area contributed by atoms with E-state index in [-0.39, 0.29) is 12.1 Å². The van der Waals surface area contributed by atoms with Crippen LogP contribution in [0.25, 0.3) is 0 Å². The Labute approximate surface area is 160 Å². The molecule has 1 unspecified atom stereocenters. The van der Waals surface area contributed by atoms with Gasteiger partial charge in [0.25, 0.3) is 0 Å². The first-order valence-electron chi connectivity index (χ1n) is 7.97. The van der Waals surface area contributed by atoms with Crippen LogP contribution in [0.2, 0.25) is 10.0 Å². The molecule has 0 saturated carbocycles. The van der Waals surface area contributed by atoms with Crippen LogP contribution >= 0.6 is 34.5 Å². The van der Waals surface area contributed by atoms with Gasteiger partial charge in [0.2, 0.25) is 5.01 Å². The monoisotopic (exact) mass is 400 g/mol. The number of morpholine rings is 1. The molecule has 1 atom stereocenters. The lowest BCUT2D eigenvalue weighted by Gasteiger charge is -2.32. The zero-order valence-electron chi connectivity index (χ0n) is 13.7. The normalized spacial score (nSPS) is 18.3. The minimum atomic E-state index is -0.366. The van der Waals surface area contributed by atoms with E-state index in [4.69, 9.17) is 32.7 Å². The first kappa shape index (κ1) is 18.6. The second-order valence-corrected chi connectivity index (χ2v) is 7.31. The fourth-order valence-corrected chi connectivity index (χ4v) is 3.66. The summed E-state index contributed by atoms with van der Waals surface area (Å²) in [5.74, 6) is -0.366. The summed E-state index contributed by atoms with van der Waals surface area (Å²) >= 11 is 13.4. The van der Waals surface area contributed by atoms with Crippen molar-refractivity contribution in [3.05, 3.63) is 49.9 Å². The van der Waals surface area contributed by atoms with Crippen LogP contribution < -0.4 is 0 Å². The maximum Gasteiger partial charge on any atom is 0.367 e. The first-order chi connectivity index (χ1) is 12.1. The van der Waals surface area contributed by atoms with Gasteiger partial charge in [-0.2, -0.15) is 0 Å². The molecule has 25 heavy (non-hydrogen) atoms. The third-order valence-corrected chi connectivity index (χ3v) is 5.46. The molecule has 0 N–H and O–H groups in total. The number of carbonyl (C=O) groups is 1. The molecule has 1 saturated heterocycles. The zero-order chi connectivity index (χ0) is 17.8. The van der Waals surface area contributed by atoms with Crippen molar-refractivity contribution in [1.82, 2.24) is 9.88 Å². The summed E-state index contributed by atoms with van der Waals surface area (Å²) in [6, 6.07) is 5.57. The summed E-state index contributed by atoms with van der Waals surface area (Å²) in [7, 11) is 0. The SMILES string of the molecule is CCOC(=O)c1nc(CN2CCOC(c3ccc(Cl)c(Cl)c3)C2)cs1. The van der Waals surface area contributed by atoms with E-state index in [0.29, 0.717) is 34.8 Å². The van der Waals surface area contributed by atoms with Gasteiger partial charge >= 0.3 is 5.97 Å². The average Bonchev–Trinajstić information content (AvgIpc) is 3.06. The van der Waals surface area contributed by atoms with E-state index in [9.17, 15) is 4.79 Å². The Balaban J connectivity index is 1.63. The highest BCUT2D eigenvalue weighted by Gasteiger charge is 2.23. The Morgan fingerprint density at radius 1 is 1.44 bits per heavy atom. The van der Waals surface area contributed by atoms with Crippen LogP contribution in [0.5, 0.6) is 0 Å². The van der Waals surface area contributed by atoms with Gasteiger partial charge in [-0.1, -0.05) is 29.3 Å². The number of halogens is 2. The van der Waals surface area contributed by atoms with Crippen molar-refractivity contribution in [2.24, 2.45) is 0 Å². The van der Waals surface area contributed by atoms with Crippen LogP contribution in [0.4, 0.5) is 0 Å². The van der Waals surface area contributed by atoms with Gasteiger partial charge in [0.1, 0.15) is 0 Å². The largest absolute Gasteiger partial charge is 0.461 e. The van der Waals surface area contributed by atoms with Crippen LogP contribution in [0, 0.1) is 0 Å². The molecule has 0 bridgehead atoms. The van der Waals surface area contributed by atoms with Crippen molar-refractivity contribution < 1.29 is 14.3 Å². The Kier molecular flexibility index (Phi) is 6.30. The van der Waals surface area contributed by atoms with Crippen LogP contribution in [-0.2, 0) is 16.0 Å². The molecule has 1 aliphatic rings. The molecule has 3 rings (SSSR count). The molecule has 0 radical (unpaired) electrons. The van der Waals surface area contributed by atoms with Crippen molar-refractivity contribution in [2.45, 2.75) is 19.6 Å².